The van der Waals surface area contributed by atoms with E-state index < -0.39 is 5.54 Å². The highest BCUT2D eigenvalue weighted by atomic mass is 16.5. The molecule has 0 bridgehead atoms. The lowest BCUT2D eigenvalue weighted by Gasteiger charge is -2.35. The number of rotatable bonds is 8. The van der Waals surface area contributed by atoms with Gasteiger partial charge in [0, 0.05) is 12.1 Å². The largest absolute Gasteiger partial charge is 0.487 e. The molecule has 1 fully saturated rings. The second-order valence-electron chi connectivity index (χ2n) is 8.67. The number of carbonyl (C=O) groups is 1. The molecule has 1 atom stereocenters. The lowest BCUT2D eigenvalue weighted by Crippen LogP contribution is -2.50. The Balaban J connectivity index is 1.45. The van der Waals surface area contributed by atoms with Gasteiger partial charge in [-0.1, -0.05) is 37.3 Å². The van der Waals surface area contributed by atoms with Crippen molar-refractivity contribution in [3.05, 3.63) is 71.1 Å². The fourth-order valence-corrected chi connectivity index (χ4v) is 4.73. The highest BCUT2D eigenvalue weighted by molar-refractivity contribution is 5.81. The molecule has 6 nitrogen and oxygen atoms in total. The first-order valence-electron chi connectivity index (χ1n) is 11.5. The number of hydrogen-bond acceptors (Lipinski definition) is 6. The number of aromatic nitrogens is 1. The molecular weight excluding hydrogens is 416 g/mol. The highest BCUT2D eigenvalue weighted by Gasteiger charge is 2.46. The molecule has 6 heteroatoms. The van der Waals surface area contributed by atoms with Crippen molar-refractivity contribution in [2.24, 2.45) is 0 Å². The van der Waals surface area contributed by atoms with Crippen LogP contribution in [0.5, 0.6) is 5.75 Å². The van der Waals surface area contributed by atoms with Gasteiger partial charge in [0.25, 0.3) is 0 Å². The third kappa shape index (κ3) is 4.67. The van der Waals surface area contributed by atoms with Crippen LogP contribution >= 0.6 is 0 Å². The molecule has 33 heavy (non-hydrogen) atoms. The van der Waals surface area contributed by atoms with Gasteiger partial charge in [-0.05, 0) is 69.0 Å². The molecule has 0 aliphatic carbocycles. The van der Waals surface area contributed by atoms with E-state index in [-0.39, 0.29) is 5.97 Å². The first kappa shape index (κ1) is 23.1. The summed E-state index contributed by atoms with van der Waals surface area (Å²) in [5.41, 5.74) is 3.47. The molecule has 1 aliphatic rings. The van der Waals surface area contributed by atoms with Crippen molar-refractivity contribution < 1.29 is 18.7 Å². The van der Waals surface area contributed by atoms with Crippen molar-refractivity contribution >= 4 is 5.97 Å². The van der Waals surface area contributed by atoms with Crippen LogP contribution in [0.3, 0.4) is 0 Å². The summed E-state index contributed by atoms with van der Waals surface area (Å²) in [6, 6.07) is 16.1. The first-order chi connectivity index (χ1) is 16.0. The number of oxazole rings is 1. The zero-order valence-corrected chi connectivity index (χ0v) is 19.9. The molecule has 0 spiro atoms. The minimum Gasteiger partial charge on any atom is -0.487 e. The first-order valence-corrected chi connectivity index (χ1v) is 11.5. The van der Waals surface area contributed by atoms with Gasteiger partial charge < -0.3 is 13.9 Å². The van der Waals surface area contributed by atoms with Gasteiger partial charge in [0.15, 0.2) is 0 Å². The lowest BCUT2D eigenvalue weighted by molar-refractivity contribution is -0.154. The van der Waals surface area contributed by atoms with E-state index >= 15 is 0 Å². The summed E-state index contributed by atoms with van der Waals surface area (Å²) in [5.74, 6) is 2.01. The van der Waals surface area contributed by atoms with Gasteiger partial charge >= 0.3 is 5.97 Å². The number of aryl methyl sites for hydroxylation is 2. The zero-order chi connectivity index (χ0) is 23.4. The van der Waals surface area contributed by atoms with Gasteiger partial charge in [0.05, 0.1) is 7.11 Å². The number of benzene rings is 2. The van der Waals surface area contributed by atoms with Crippen LogP contribution in [0.2, 0.25) is 0 Å². The average molecular weight is 449 g/mol. The Bertz CT molecular complexity index is 1120. The maximum absolute atomic E-state index is 12.5. The molecular formula is C27H32N2O4. The van der Waals surface area contributed by atoms with Crippen LogP contribution in [0.15, 0.2) is 52.9 Å². The van der Waals surface area contributed by atoms with E-state index in [4.69, 9.17) is 13.9 Å². The molecule has 2 heterocycles. The van der Waals surface area contributed by atoms with Gasteiger partial charge in [-0.15, -0.1) is 0 Å². The summed E-state index contributed by atoms with van der Waals surface area (Å²) in [6.07, 6.45) is 2.57. The lowest BCUT2D eigenvalue weighted by atomic mass is 9.92. The monoisotopic (exact) mass is 448 g/mol. The molecule has 1 unspecified atom stereocenters. The second kappa shape index (κ2) is 9.79. The van der Waals surface area contributed by atoms with Crippen molar-refractivity contribution in [3.63, 3.8) is 0 Å². The maximum atomic E-state index is 12.5. The van der Waals surface area contributed by atoms with Crippen molar-refractivity contribution in [1.82, 2.24) is 9.88 Å². The van der Waals surface area contributed by atoms with Crippen LogP contribution < -0.4 is 4.74 Å². The molecule has 3 aromatic rings. The third-order valence-corrected chi connectivity index (χ3v) is 6.69. The molecule has 1 aromatic heterocycles. The molecule has 2 aromatic carbocycles. The van der Waals surface area contributed by atoms with E-state index in [9.17, 15) is 4.79 Å². The number of hydrogen-bond donors (Lipinski definition) is 0. The van der Waals surface area contributed by atoms with Crippen LogP contribution in [0, 0.1) is 13.8 Å². The van der Waals surface area contributed by atoms with Crippen LogP contribution in [0.1, 0.15) is 48.8 Å². The number of esters is 1. The van der Waals surface area contributed by atoms with Crippen molar-refractivity contribution in [2.45, 2.75) is 58.7 Å². The van der Waals surface area contributed by atoms with Crippen LogP contribution in [-0.4, -0.2) is 35.0 Å². The smallest absolute Gasteiger partial charge is 0.326 e. The van der Waals surface area contributed by atoms with E-state index in [0.717, 1.165) is 59.7 Å². The Morgan fingerprint density at radius 1 is 1.18 bits per heavy atom. The van der Waals surface area contributed by atoms with Crippen molar-refractivity contribution in [1.29, 1.82) is 0 Å². The Labute approximate surface area is 195 Å². The molecule has 1 aliphatic heterocycles. The maximum Gasteiger partial charge on any atom is 0.326 e. The minimum absolute atomic E-state index is 0.138. The highest BCUT2D eigenvalue weighted by Crippen LogP contribution is 2.35. The molecule has 4 rings (SSSR count). The molecule has 0 N–H and O–H groups in total. The summed E-state index contributed by atoms with van der Waals surface area (Å²) in [4.78, 5) is 19.5. The Hall–Kier alpha value is -3.12. The Morgan fingerprint density at radius 3 is 2.76 bits per heavy atom. The minimum atomic E-state index is -0.532. The zero-order valence-electron chi connectivity index (χ0n) is 19.9. The average Bonchev–Trinajstić information content (AvgIpc) is 3.41. The Kier molecular flexibility index (Phi) is 6.84. The Morgan fingerprint density at radius 2 is 2.00 bits per heavy atom. The molecule has 0 saturated carbocycles. The van der Waals surface area contributed by atoms with Gasteiger partial charge in [-0.2, -0.15) is 0 Å². The summed E-state index contributed by atoms with van der Waals surface area (Å²) in [5, 5.41) is 0. The van der Waals surface area contributed by atoms with Crippen LogP contribution in [0.25, 0.3) is 11.5 Å². The number of likely N-dealkylation sites (tertiary alicyclic amines) is 1. The van der Waals surface area contributed by atoms with E-state index in [1.807, 2.05) is 56.3 Å². The fraction of sp³-hybridized carbons (Fsp3) is 0.407. The second-order valence-corrected chi connectivity index (χ2v) is 8.67. The normalized spacial score (nSPS) is 18.4. The SMILES string of the molecule is CCC1(C(=O)OC)CCCN1Cc1cccc(OCc2nc(-c3ccccc3C)oc2C)c1. The number of nitrogens with zero attached hydrogens (tertiary/aromatic N) is 2. The van der Waals surface area contributed by atoms with E-state index in [2.05, 4.69) is 22.9 Å². The van der Waals surface area contributed by atoms with Crippen molar-refractivity contribution in [2.75, 3.05) is 13.7 Å². The molecule has 0 amide bonds. The number of ether oxygens (including phenoxy) is 2. The quantitative estimate of drug-likeness (QED) is 0.427. The molecule has 1 saturated heterocycles. The van der Waals surface area contributed by atoms with Crippen LogP contribution in [-0.2, 0) is 22.7 Å². The molecule has 174 valence electrons. The molecule has 0 radical (unpaired) electrons. The van der Waals surface area contributed by atoms with E-state index in [1.54, 1.807) is 0 Å². The van der Waals surface area contributed by atoms with E-state index in [0.29, 0.717) is 19.0 Å². The van der Waals surface area contributed by atoms with Crippen molar-refractivity contribution in [3.8, 4) is 17.2 Å². The van der Waals surface area contributed by atoms with Gasteiger partial charge in [0.1, 0.15) is 29.3 Å². The summed E-state index contributed by atoms with van der Waals surface area (Å²) < 4.78 is 17.1. The summed E-state index contributed by atoms with van der Waals surface area (Å²) in [6.45, 7) is 7.91. The topological polar surface area (TPSA) is 64.8 Å². The number of methoxy groups -OCH3 is 1. The standard InChI is InChI=1S/C27H32N2O4/c1-5-27(26(30)31-4)14-9-15-29(27)17-21-11-8-12-22(16-21)32-18-24-20(3)33-25(28-24)23-13-7-6-10-19(23)2/h6-8,10-13,16H,5,9,14-15,17-18H2,1-4H3. The van der Waals surface area contributed by atoms with Crippen LogP contribution in [0.4, 0.5) is 0 Å². The number of carbonyl (C=O) groups excluding carboxylic acids is 1. The van der Waals surface area contributed by atoms with Gasteiger partial charge in [-0.3, -0.25) is 9.69 Å². The third-order valence-electron chi connectivity index (χ3n) is 6.69. The predicted octanol–water partition coefficient (Wildman–Crippen LogP) is 5.46. The summed E-state index contributed by atoms with van der Waals surface area (Å²) in [7, 11) is 1.47. The van der Waals surface area contributed by atoms with E-state index in [1.165, 1.54) is 7.11 Å². The van der Waals surface area contributed by atoms with Gasteiger partial charge in [0.2, 0.25) is 5.89 Å². The van der Waals surface area contributed by atoms with Gasteiger partial charge in [-0.25, -0.2) is 4.98 Å². The summed E-state index contributed by atoms with van der Waals surface area (Å²) >= 11 is 0. The predicted molar refractivity (Wildman–Crippen MR) is 127 cm³/mol. The fourth-order valence-electron chi connectivity index (χ4n) is 4.73.